The molecule has 0 aromatic rings. The maximum Gasteiger partial charge on any atom is 0.322 e. The summed E-state index contributed by atoms with van der Waals surface area (Å²) in [4.78, 5) is 24.1. The Hall–Kier alpha value is -0.900. The van der Waals surface area contributed by atoms with Crippen LogP contribution in [0.25, 0.3) is 0 Å². The van der Waals surface area contributed by atoms with E-state index in [-0.39, 0.29) is 17.8 Å². The lowest BCUT2D eigenvalue weighted by atomic mass is 10.1. The van der Waals surface area contributed by atoms with Gasteiger partial charge in [0.05, 0.1) is 13.7 Å². The van der Waals surface area contributed by atoms with Gasteiger partial charge in [0.2, 0.25) is 0 Å². The van der Waals surface area contributed by atoms with E-state index in [0.29, 0.717) is 13.0 Å². The molecule has 0 amide bonds. The van der Waals surface area contributed by atoms with Gasteiger partial charge < -0.3 is 4.74 Å². The molecule has 0 aliphatic carbocycles. The van der Waals surface area contributed by atoms with Crippen LogP contribution in [0, 0.1) is 0 Å². The first-order chi connectivity index (χ1) is 6.15. The quantitative estimate of drug-likeness (QED) is 0.577. The zero-order valence-electron chi connectivity index (χ0n) is 8.08. The number of methoxy groups -OCH3 is 1. The summed E-state index contributed by atoms with van der Waals surface area (Å²) in [5.74, 6) is -0.0586. The SMILES string of the molecule is COC(=O)C(C)N1CCCC(=O)C1. The average Bonchev–Trinajstić information content (AvgIpc) is 2.15. The highest BCUT2D eigenvalue weighted by Crippen LogP contribution is 2.10. The van der Waals surface area contributed by atoms with Crippen LogP contribution in [0.5, 0.6) is 0 Å². The second-order valence-electron chi connectivity index (χ2n) is 3.31. The van der Waals surface area contributed by atoms with Gasteiger partial charge in [-0.15, -0.1) is 0 Å². The summed E-state index contributed by atoms with van der Waals surface area (Å²) in [6.45, 7) is 2.96. The van der Waals surface area contributed by atoms with Crippen LogP contribution in [0.1, 0.15) is 19.8 Å². The lowest BCUT2D eigenvalue weighted by Crippen LogP contribution is -2.45. The van der Waals surface area contributed by atoms with Crippen LogP contribution in [0.2, 0.25) is 0 Å². The van der Waals surface area contributed by atoms with Crippen molar-refractivity contribution < 1.29 is 14.3 Å². The minimum Gasteiger partial charge on any atom is -0.468 e. The Bertz CT molecular complexity index is 215. The predicted molar refractivity (Wildman–Crippen MR) is 47.3 cm³/mol. The van der Waals surface area contributed by atoms with E-state index in [1.165, 1.54) is 7.11 Å². The van der Waals surface area contributed by atoms with Crippen LogP contribution in [-0.4, -0.2) is 42.9 Å². The summed E-state index contributed by atoms with van der Waals surface area (Å²) >= 11 is 0. The largest absolute Gasteiger partial charge is 0.468 e. The van der Waals surface area contributed by atoms with Gasteiger partial charge in [-0.05, 0) is 19.9 Å². The number of hydrogen-bond acceptors (Lipinski definition) is 4. The van der Waals surface area contributed by atoms with Crippen molar-refractivity contribution in [2.45, 2.75) is 25.8 Å². The van der Waals surface area contributed by atoms with Crippen LogP contribution in [-0.2, 0) is 14.3 Å². The molecule has 74 valence electrons. The van der Waals surface area contributed by atoms with Crippen LogP contribution in [0.15, 0.2) is 0 Å². The van der Waals surface area contributed by atoms with Crippen LogP contribution < -0.4 is 0 Å². The molecule has 0 radical (unpaired) electrons. The number of esters is 1. The Kier molecular flexibility index (Phi) is 3.42. The Labute approximate surface area is 77.8 Å². The molecule has 4 nitrogen and oxygen atoms in total. The molecule has 1 aliphatic rings. The van der Waals surface area contributed by atoms with Gasteiger partial charge in [-0.3, -0.25) is 14.5 Å². The second-order valence-corrected chi connectivity index (χ2v) is 3.31. The predicted octanol–water partition coefficient (Wildman–Crippen LogP) is 0.213. The molecular formula is C9H15NO3. The topological polar surface area (TPSA) is 46.6 Å². The van der Waals surface area contributed by atoms with E-state index in [9.17, 15) is 9.59 Å². The molecule has 1 unspecified atom stereocenters. The monoisotopic (exact) mass is 185 g/mol. The number of carbonyl (C=O) groups excluding carboxylic acids is 2. The van der Waals surface area contributed by atoms with Gasteiger partial charge in [0.1, 0.15) is 11.8 Å². The number of likely N-dealkylation sites (tertiary alicyclic amines) is 1. The minimum absolute atomic E-state index is 0.210. The van der Waals surface area contributed by atoms with Gasteiger partial charge in [-0.1, -0.05) is 0 Å². The van der Waals surface area contributed by atoms with Crippen LogP contribution in [0.3, 0.4) is 0 Å². The molecule has 1 rings (SSSR count). The third kappa shape index (κ3) is 2.52. The zero-order valence-corrected chi connectivity index (χ0v) is 8.08. The highest BCUT2D eigenvalue weighted by molar-refractivity contribution is 5.82. The van der Waals surface area contributed by atoms with Crippen molar-refractivity contribution in [2.24, 2.45) is 0 Å². The standard InChI is InChI=1S/C9H15NO3/c1-7(9(12)13-2)10-5-3-4-8(11)6-10/h7H,3-6H2,1-2H3. The molecule has 13 heavy (non-hydrogen) atoms. The van der Waals surface area contributed by atoms with Crippen molar-refractivity contribution in [3.63, 3.8) is 0 Å². The van der Waals surface area contributed by atoms with Crippen LogP contribution in [0.4, 0.5) is 0 Å². The fourth-order valence-corrected chi connectivity index (χ4v) is 1.51. The van der Waals surface area contributed by atoms with E-state index in [4.69, 9.17) is 0 Å². The number of ketones is 1. The van der Waals surface area contributed by atoms with Crippen molar-refractivity contribution in [3.05, 3.63) is 0 Å². The summed E-state index contributed by atoms with van der Waals surface area (Å²) in [6.07, 6.45) is 1.49. The lowest BCUT2D eigenvalue weighted by Gasteiger charge is -2.29. The third-order valence-electron chi connectivity index (χ3n) is 2.37. The zero-order chi connectivity index (χ0) is 9.84. The van der Waals surface area contributed by atoms with E-state index in [1.54, 1.807) is 6.92 Å². The fraction of sp³-hybridized carbons (Fsp3) is 0.778. The molecule has 1 atom stereocenters. The minimum atomic E-state index is -0.297. The molecule has 1 aliphatic heterocycles. The smallest absolute Gasteiger partial charge is 0.322 e. The number of carbonyl (C=O) groups is 2. The van der Waals surface area contributed by atoms with Gasteiger partial charge in [0.25, 0.3) is 0 Å². The highest BCUT2D eigenvalue weighted by Gasteiger charge is 2.26. The first-order valence-corrected chi connectivity index (χ1v) is 4.48. The number of nitrogens with zero attached hydrogens (tertiary/aromatic N) is 1. The molecule has 0 aromatic carbocycles. The molecule has 0 bridgehead atoms. The van der Waals surface area contributed by atoms with E-state index < -0.39 is 0 Å². The first-order valence-electron chi connectivity index (χ1n) is 4.48. The Morgan fingerprint density at radius 2 is 2.31 bits per heavy atom. The molecule has 1 saturated heterocycles. The fourth-order valence-electron chi connectivity index (χ4n) is 1.51. The molecule has 1 heterocycles. The highest BCUT2D eigenvalue weighted by atomic mass is 16.5. The maximum absolute atomic E-state index is 11.1. The Balaban J connectivity index is 2.50. The van der Waals surface area contributed by atoms with Crippen molar-refractivity contribution in [2.75, 3.05) is 20.2 Å². The second kappa shape index (κ2) is 4.37. The Morgan fingerprint density at radius 3 is 2.85 bits per heavy atom. The molecule has 0 spiro atoms. The average molecular weight is 185 g/mol. The van der Waals surface area contributed by atoms with Gasteiger partial charge >= 0.3 is 5.97 Å². The molecular weight excluding hydrogens is 170 g/mol. The normalized spacial score (nSPS) is 21.2. The van der Waals surface area contributed by atoms with Crippen molar-refractivity contribution in [1.29, 1.82) is 0 Å². The van der Waals surface area contributed by atoms with Crippen molar-refractivity contribution in [3.8, 4) is 0 Å². The Morgan fingerprint density at radius 1 is 1.62 bits per heavy atom. The van der Waals surface area contributed by atoms with E-state index in [1.807, 2.05) is 4.90 Å². The molecule has 0 aromatic heterocycles. The number of piperidine rings is 1. The van der Waals surface area contributed by atoms with E-state index >= 15 is 0 Å². The molecule has 4 heteroatoms. The van der Waals surface area contributed by atoms with Crippen LogP contribution >= 0.6 is 0 Å². The summed E-state index contributed by atoms with van der Waals surface area (Å²) in [7, 11) is 1.37. The first kappa shape index (κ1) is 10.2. The summed E-state index contributed by atoms with van der Waals surface area (Å²) in [6, 6.07) is -0.297. The molecule has 0 N–H and O–H groups in total. The number of ether oxygens (including phenoxy) is 1. The number of rotatable bonds is 2. The van der Waals surface area contributed by atoms with Crippen molar-refractivity contribution in [1.82, 2.24) is 4.90 Å². The van der Waals surface area contributed by atoms with E-state index in [0.717, 1.165) is 13.0 Å². The molecule has 0 saturated carbocycles. The third-order valence-corrected chi connectivity index (χ3v) is 2.37. The van der Waals surface area contributed by atoms with Gasteiger partial charge in [-0.2, -0.15) is 0 Å². The van der Waals surface area contributed by atoms with E-state index in [2.05, 4.69) is 4.74 Å². The molecule has 1 fully saturated rings. The van der Waals surface area contributed by atoms with Crippen molar-refractivity contribution >= 4 is 11.8 Å². The van der Waals surface area contributed by atoms with Gasteiger partial charge in [0, 0.05) is 6.42 Å². The summed E-state index contributed by atoms with van der Waals surface area (Å²) in [5.41, 5.74) is 0. The summed E-state index contributed by atoms with van der Waals surface area (Å²) < 4.78 is 4.61. The maximum atomic E-state index is 11.1. The summed E-state index contributed by atoms with van der Waals surface area (Å²) in [5, 5.41) is 0. The lowest BCUT2D eigenvalue weighted by molar-refractivity contribution is -0.147. The van der Waals surface area contributed by atoms with Gasteiger partial charge in [-0.25, -0.2) is 0 Å². The van der Waals surface area contributed by atoms with Gasteiger partial charge in [0.15, 0.2) is 0 Å². The number of Topliss-reactive ketones (excluding diaryl/α,β-unsaturated/α-hetero) is 1. The number of hydrogen-bond donors (Lipinski definition) is 0.